The Balaban J connectivity index is 1.65. The lowest BCUT2D eigenvalue weighted by Crippen LogP contribution is -2.46. The van der Waals surface area contributed by atoms with E-state index in [1.54, 1.807) is 0 Å². The largest absolute Gasteiger partial charge is 0.458 e. The number of aromatic nitrogens is 2. The maximum Gasteiger partial charge on any atom is 0.322 e. The van der Waals surface area contributed by atoms with Crippen molar-refractivity contribution >= 4 is 11.7 Å². The Labute approximate surface area is 150 Å². The summed E-state index contributed by atoms with van der Waals surface area (Å²) in [6.45, 7) is 4.48. The maximum atomic E-state index is 13.7. The van der Waals surface area contributed by atoms with Crippen molar-refractivity contribution in [3.8, 4) is 6.01 Å². The molecular formula is C18H20F2N4O2. The molecule has 0 saturated carbocycles. The third-order valence-electron chi connectivity index (χ3n) is 4.09. The van der Waals surface area contributed by atoms with Gasteiger partial charge in [-0.25, -0.2) is 23.5 Å². The summed E-state index contributed by atoms with van der Waals surface area (Å²) in [5.74, 6) is -1.63. The summed E-state index contributed by atoms with van der Waals surface area (Å²) in [5, 5.41) is 2.30. The van der Waals surface area contributed by atoms with E-state index in [1.807, 2.05) is 19.9 Å². The van der Waals surface area contributed by atoms with E-state index in [9.17, 15) is 13.6 Å². The van der Waals surface area contributed by atoms with Crippen LogP contribution in [0.3, 0.4) is 0 Å². The van der Waals surface area contributed by atoms with Gasteiger partial charge in [-0.1, -0.05) is 6.07 Å². The van der Waals surface area contributed by atoms with Crippen molar-refractivity contribution in [3.63, 3.8) is 0 Å². The molecule has 1 atom stereocenters. The molecule has 8 heteroatoms. The molecule has 2 amide bonds. The van der Waals surface area contributed by atoms with Gasteiger partial charge in [0.25, 0.3) is 0 Å². The molecule has 1 saturated heterocycles. The van der Waals surface area contributed by atoms with E-state index in [2.05, 4.69) is 15.3 Å². The number of carbonyl (C=O) groups excluding carboxylic acids is 1. The molecule has 1 aromatic heterocycles. The van der Waals surface area contributed by atoms with Crippen LogP contribution in [0.15, 0.2) is 24.3 Å². The first-order chi connectivity index (χ1) is 12.4. The first kappa shape index (κ1) is 18.0. The molecule has 1 unspecified atom stereocenters. The second-order valence-electron chi connectivity index (χ2n) is 6.29. The van der Waals surface area contributed by atoms with Crippen LogP contribution < -0.4 is 10.1 Å². The van der Waals surface area contributed by atoms with Crippen LogP contribution in [0.1, 0.15) is 24.2 Å². The van der Waals surface area contributed by atoms with Crippen LogP contribution in [-0.2, 0) is 0 Å². The fourth-order valence-corrected chi connectivity index (χ4v) is 2.92. The smallest absolute Gasteiger partial charge is 0.322 e. The Morgan fingerprint density at radius 3 is 2.54 bits per heavy atom. The van der Waals surface area contributed by atoms with Crippen LogP contribution in [0.25, 0.3) is 0 Å². The first-order valence-corrected chi connectivity index (χ1v) is 8.41. The predicted molar refractivity (Wildman–Crippen MR) is 92.1 cm³/mol. The van der Waals surface area contributed by atoms with E-state index in [-0.39, 0.29) is 18.7 Å². The van der Waals surface area contributed by atoms with Gasteiger partial charge in [0.2, 0.25) is 0 Å². The summed E-state index contributed by atoms with van der Waals surface area (Å²) in [4.78, 5) is 22.3. The zero-order chi connectivity index (χ0) is 18.7. The van der Waals surface area contributed by atoms with E-state index >= 15 is 0 Å². The molecule has 1 N–H and O–H groups in total. The number of rotatable bonds is 3. The van der Waals surface area contributed by atoms with Crippen molar-refractivity contribution in [2.45, 2.75) is 32.8 Å². The fourth-order valence-electron chi connectivity index (χ4n) is 2.92. The highest BCUT2D eigenvalue weighted by Gasteiger charge is 2.26. The van der Waals surface area contributed by atoms with Gasteiger partial charge in [0.05, 0.1) is 6.54 Å². The van der Waals surface area contributed by atoms with Gasteiger partial charge in [0.15, 0.2) is 0 Å². The van der Waals surface area contributed by atoms with Crippen molar-refractivity contribution < 1.29 is 18.3 Å². The van der Waals surface area contributed by atoms with Crippen molar-refractivity contribution in [1.29, 1.82) is 0 Å². The Hall–Kier alpha value is -2.77. The third-order valence-corrected chi connectivity index (χ3v) is 4.09. The van der Waals surface area contributed by atoms with Crippen LogP contribution in [0.4, 0.5) is 19.3 Å². The molecule has 138 valence electrons. The number of aryl methyl sites for hydroxylation is 2. The summed E-state index contributed by atoms with van der Waals surface area (Å²) in [6.07, 6.45) is 1.18. The van der Waals surface area contributed by atoms with Gasteiger partial charge in [-0.05, 0) is 44.9 Å². The maximum absolute atomic E-state index is 13.7. The number of nitrogens with zero attached hydrogens (tertiary/aromatic N) is 3. The van der Waals surface area contributed by atoms with Gasteiger partial charge in [0, 0.05) is 17.9 Å². The molecule has 2 aromatic rings. The molecule has 1 fully saturated rings. The molecule has 6 nitrogen and oxygen atoms in total. The fraction of sp³-hybridized carbons (Fsp3) is 0.389. The summed E-state index contributed by atoms with van der Waals surface area (Å²) in [7, 11) is 0. The Morgan fingerprint density at radius 2 is 1.88 bits per heavy atom. The summed E-state index contributed by atoms with van der Waals surface area (Å²) < 4.78 is 33.2. The Kier molecular flexibility index (Phi) is 5.29. The summed E-state index contributed by atoms with van der Waals surface area (Å²) >= 11 is 0. The molecule has 0 bridgehead atoms. The highest BCUT2D eigenvalue weighted by Crippen LogP contribution is 2.21. The van der Waals surface area contributed by atoms with Crippen LogP contribution in [0.2, 0.25) is 0 Å². The number of piperidine rings is 1. The standard InChI is InChI=1S/C18H20F2N4O2/c1-11-9-12(2)22-17(21-11)26-13-5-4-8-24(10-13)18(25)23-16-14(19)6-3-7-15(16)20/h3,6-7,9,13H,4-5,8,10H2,1-2H3,(H,23,25). The minimum atomic E-state index is -0.813. The van der Waals surface area contributed by atoms with Gasteiger partial charge in [-0.2, -0.15) is 0 Å². The topological polar surface area (TPSA) is 67.3 Å². The first-order valence-electron chi connectivity index (χ1n) is 8.41. The molecule has 1 aliphatic heterocycles. The summed E-state index contributed by atoms with van der Waals surface area (Å²) in [5.41, 5.74) is 1.15. The average Bonchev–Trinajstić information content (AvgIpc) is 2.57. The number of nitrogens with one attached hydrogen (secondary N) is 1. The number of para-hydroxylation sites is 1. The number of hydrogen-bond donors (Lipinski definition) is 1. The van der Waals surface area contributed by atoms with Crippen molar-refractivity contribution in [3.05, 3.63) is 47.3 Å². The number of likely N-dealkylation sites (tertiary alicyclic amines) is 1. The Morgan fingerprint density at radius 1 is 1.23 bits per heavy atom. The number of amides is 2. The SMILES string of the molecule is Cc1cc(C)nc(OC2CCCN(C(=O)Nc3c(F)cccc3F)C2)n1. The number of hydrogen-bond acceptors (Lipinski definition) is 4. The molecule has 0 aliphatic carbocycles. The zero-order valence-corrected chi connectivity index (χ0v) is 14.6. The van der Waals surface area contributed by atoms with Gasteiger partial charge >= 0.3 is 12.0 Å². The van der Waals surface area contributed by atoms with Gasteiger partial charge in [-0.15, -0.1) is 0 Å². The second kappa shape index (κ2) is 7.63. The summed E-state index contributed by atoms with van der Waals surface area (Å²) in [6, 6.07) is 4.99. The van der Waals surface area contributed by atoms with Crippen LogP contribution in [0, 0.1) is 25.5 Å². The number of carbonyl (C=O) groups is 1. The molecular weight excluding hydrogens is 342 g/mol. The highest BCUT2D eigenvalue weighted by atomic mass is 19.1. The lowest BCUT2D eigenvalue weighted by atomic mass is 10.1. The lowest BCUT2D eigenvalue weighted by Gasteiger charge is -2.32. The third kappa shape index (κ3) is 4.25. The number of urea groups is 1. The second-order valence-corrected chi connectivity index (χ2v) is 6.29. The van der Waals surface area contributed by atoms with Crippen molar-refractivity contribution in [2.24, 2.45) is 0 Å². The molecule has 26 heavy (non-hydrogen) atoms. The van der Waals surface area contributed by atoms with E-state index in [1.165, 1.54) is 11.0 Å². The monoisotopic (exact) mass is 362 g/mol. The molecule has 1 aliphatic rings. The van der Waals surface area contributed by atoms with Crippen LogP contribution in [-0.4, -0.2) is 40.1 Å². The van der Waals surface area contributed by atoms with Crippen LogP contribution in [0.5, 0.6) is 6.01 Å². The van der Waals surface area contributed by atoms with E-state index in [0.29, 0.717) is 13.0 Å². The van der Waals surface area contributed by atoms with Gasteiger partial charge in [-0.3, -0.25) is 0 Å². The minimum Gasteiger partial charge on any atom is -0.458 e. The number of halogens is 2. The molecule has 0 spiro atoms. The van der Waals surface area contributed by atoms with Crippen molar-refractivity contribution in [2.75, 3.05) is 18.4 Å². The van der Waals surface area contributed by atoms with Crippen LogP contribution >= 0.6 is 0 Å². The Bertz CT molecular complexity index is 775. The predicted octanol–water partition coefficient (Wildman–Crippen LogP) is 3.45. The van der Waals surface area contributed by atoms with E-state index in [4.69, 9.17) is 4.74 Å². The number of anilines is 1. The number of ether oxygens (including phenoxy) is 1. The highest BCUT2D eigenvalue weighted by molar-refractivity contribution is 5.89. The molecule has 2 heterocycles. The quantitative estimate of drug-likeness (QED) is 0.908. The normalized spacial score (nSPS) is 17.1. The molecule has 0 radical (unpaired) electrons. The average molecular weight is 362 g/mol. The lowest BCUT2D eigenvalue weighted by molar-refractivity contribution is 0.0979. The van der Waals surface area contributed by atoms with Gasteiger partial charge < -0.3 is 15.0 Å². The van der Waals surface area contributed by atoms with Gasteiger partial charge in [0.1, 0.15) is 23.4 Å². The number of benzene rings is 1. The minimum absolute atomic E-state index is 0.273. The van der Waals surface area contributed by atoms with E-state index in [0.717, 1.165) is 29.9 Å². The van der Waals surface area contributed by atoms with Crippen molar-refractivity contribution in [1.82, 2.24) is 14.9 Å². The van der Waals surface area contributed by atoms with E-state index < -0.39 is 23.4 Å². The molecule has 3 rings (SSSR count). The zero-order valence-electron chi connectivity index (χ0n) is 14.6. The molecule has 1 aromatic carbocycles.